The van der Waals surface area contributed by atoms with Gasteiger partial charge in [0.2, 0.25) is 5.91 Å². The summed E-state index contributed by atoms with van der Waals surface area (Å²) in [7, 11) is 6.32. The molecule has 0 bridgehead atoms. The first-order valence-electron chi connectivity index (χ1n) is 22.0. The number of benzene rings is 6. The van der Waals surface area contributed by atoms with Crippen LogP contribution in [0.15, 0.2) is 100 Å². The van der Waals surface area contributed by atoms with Crippen molar-refractivity contribution in [1.82, 2.24) is 4.98 Å². The molecule has 1 heterocycles. The van der Waals surface area contributed by atoms with Crippen LogP contribution in [-0.2, 0) is 4.79 Å². The molecule has 0 radical (unpaired) electrons. The maximum absolute atomic E-state index is 10.8. The number of ether oxygens (including phenoxy) is 4. The molecule has 7 rings (SSSR count). The minimum Gasteiger partial charge on any atom is -0.497 e. The van der Waals surface area contributed by atoms with Gasteiger partial charge in [-0.1, -0.05) is 58.0 Å². The summed E-state index contributed by atoms with van der Waals surface area (Å²) in [6.07, 6.45) is 0. The first-order chi connectivity index (χ1) is 34.5. The van der Waals surface area contributed by atoms with Gasteiger partial charge < -0.3 is 60.0 Å². The summed E-state index contributed by atoms with van der Waals surface area (Å²) in [5, 5.41) is 15.6. The summed E-state index contributed by atoms with van der Waals surface area (Å²) in [4.78, 5) is 29.2. The number of carbonyl (C=O) groups excluding carboxylic acids is 1. The zero-order chi connectivity index (χ0) is 53.3. The van der Waals surface area contributed by atoms with Crippen molar-refractivity contribution in [2.45, 2.75) is 34.6 Å². The van der Waals surface area contributed by atoms with E-state index in [1.165, 1.54) is 6.92 Å². The predicted octanol–water partition coefficient (Wildman–Crippen LogP) is 12.2. The van der Waals surface area contributed by atoms with Crippen LogP contribution in [0.4, 0.5) is 28.4 Å². The van der Waals surface area contributed by atoms with Gasteiger partial charge in [0, 0.05) is 81.6 Å². The van der Waals surface area contributed by atoms with Crippen LogP contribution in [0.5, 0.6) is 34.5 Å². The van der Waals surface area contributed by atoms with Gasteiger partial charge in [0.15, 0.2) is 28.6 Å². The lowest BCUT2D eigenvalue weighted by molar-refractivity contribution is -0.114. The highest BCUT2D eigenvalue weighted by Gasteiger charge is 2.15. The van der Waals surface area contributed by atoms with Gasteiger partial charge in [0.25, 0.3) is 0 Å². The Hall–Kier alpha value is -6.44. The highest BCUT2D eigenvalue weighted by Crippen LogP contribution is 2.36. The number of nitrogens with two attached hydrogens (primary N) is 3. The summed E-state index contributed by atoms with van der Waals surface area (Å²) >= 11 is 29.6. The highest BCUT2D eigenvalue weighted by atomic mass is 35.5. The second-order valence-electron chi connectivity index (χ2n) is 14.3. The molecule has 22 heteroatoms. The van der Waals surface area contributed by atoms with Gasteiger partial charge in [-0.3, -0.25) is 9.79 Å². The molecule has 0 spiro atoms. The number of anilines is 5. The van der Waals surface area contributed by atoms with Gasteiger partial charge in [-0.25, -0.2) is 4.98 Å². The van der Waals surface area contributed by atoms with Crippen LogP contribution in [0, 0.1) is 0 Å². The standard InChI is InChI=1S/C16H17ClN4O2.C9H13ClN2O2.C9H10ClNO2.C9H12ClNO.C7H8ClNO/c1-3-19-10-6-14-12(5-9(10)17)21-13-8-16(23-18)11(20-4-2)7-15(13)22-14;1-3-12-7-5-8(13-2)9(14-11)4-6(7)10;1-6(12)11-9-5-7(13-2)3-4-8(9)10;1-3-11-9-6-7(12-2)4-5-8(9)10;1-10-5-2-3-6(8)7(9)4-5/h5-8,20H,3-4,18H2,1-2H3;4-5,12H,3,11H2,1-2H3;3-5H,1-2H3,(H,11,12);4-6,11H,3H2,1-2H3;2-4H,9H2,1H3. The minimum atomic E-state index is -0.157. The summed E-state index contributed by atoms with van der Waals surface area (Å²) in [6, 6.07) is 26.2. The molecule has 0 saturated carbocycles. The van der Waals surface area contributed by atoms with E-state index in [0.717, 1.165) is 53.2 Å². The number of nitrogen functional groups attached to an aromatic ring is 1. The van der Waals surface area contributed by atoms with Crippen molar-refractivity contribution in [3.05, 3.63) is 121 Å². The van der Waals surface area contributed by atoms with Gasteiger partial charge in [-0.05, 0) is 70.2 Å². The molecule has 0 aromatic heterocycles. The van der Waals surface area contributed by atoms with Gasteiger partial charge in [0.1, 0.15) is 28.5 Å². The van der Waals surface area contributed by atoms with Crippen LogP contribution < -0.4 is 72.8 Å². The van der Waals surface area contributed by atoms with E-state index in [1.54, 1.807) is 95.2 Å². The molecular formula is C50H60Cl5N9O8. The Labute approximate surface area is 444 Å². The van der Waals surface area contributed by atoms with Gasteiger partial charge in [0.05, 0.1) is 87.3 Å². The smallest absolute Gasteiger partial charge is 0.221 e. The third-order valence-electron chi connectivity index (χ3n) is 9.35. The Balaban J connectivity index is 0.000000247. The van der Waals surface area contributed by atoms with E-state index < -0.39 is 0 Å². The number of amides is 1. The normalized spacial score (nSPS) is 10.4. The molecule has 1 aliphatic carbocycles. The summed E-state index contributed by atoms with van der Waals surface area (Å²) in [5.74, 6) is 14.5. The zero-order valence-electron chi connectivity index (χ0n) is 41.3. The fourth-order valence-corrected chi connectivity index (χ4v) is 6.93. The number of halogens is 5. The quantitative estimate of drug-likeness (QED) is 0.0305. The molecule has 5 aromatic rings. The van der Waals surface area contributed by atoms with Crippen LogP contribution in [0.3, 0.4) is 0 Å². The molecule has 1 amide bonds. The van der Waals surface area contributed by atoms with Gasteiger partial charge >= 0.3 is 0 Å². The van der Waals surface area contributed by atoms with E-state index in [0.29, 0.717) is 88.9 Å². The molecule has 0 unspecified atom stereocenters. The first-order valence-corrected chi connectivity index (χ1v) is 23.9. The largest absolute Gasteiger partial charge is 0.497 e. The molecule has 17 nitrogen and oxygen atoms in total. The van der Waals surface area contributed by atoms with Crippen molar-refractivity contribution in [2.75, 3.05) is 81.6 Å². The maximum atomic E-state index is 10.8. The van der Waals surface area contributed by atoms with Gasteiger partial charge in [-0.2, -0.15) is 11.8 Å². The lowest BCUT2D eigenvalue weighted by Gasteiger charge is -2.12. The Morgan fingerprint density at radius 1 is 0.583 bits per heavy atom. The fraction of sp³-hybridized carbons (Fsp3) is 0.260. The Bertz CT molecular complexity index is 2880. The van der Waals surface area contributed by atoms with Crippen LogP contribution in [0.25, 0.3) is 22.6 Å². The summed E-state index contributed by atoms with van der Waals surface area (Å²) in [5.41, 5.74) is 11.0. The van der Waals surface area contributed by atoms with Crippen molar-refractivity contribution in [3.8, 4) is 46.0 Å². The number of hydrogen-bond acceptors (Lipinski definition) is 16. The number of methoxy groups -OCH3 is 4. The van der Waals surface area contributed by atoms with E-state index in [9.17, 15) is 4.79 Å². The Morgan fingerprint density at radius 3 is 1.62 bits per heavy atom. The Kier molecular flexibility index (Phi) is 25.9. The van der Waals surface area contributed by atoms with E-state index in [2.05, 4.69) is 36.1 Å². The van der Waals surface area contributed by atoms with Crippen LogP contribution in [0.1, 0.15) is 34.6 Å². The number of nitrogens with one attached hydrogen (secondary N) is 4. The number of hydrogen-bond donors (Lipinski definition) is 7. The average Bonchev–Trinajstić information content (AvgIpc) is 3.37. The zero-order valence-corrected chi connectivity index (χ0v) is 45.1. The van der Waals surface area contributed by atoms with Crippen molar-refractivity contribution in [2.24, 2.45) is 16.8 Å². The predicted molar refractivity (Wildman–Crippen MR) is 295 cm³/mol. The number of carbonyl (C=O) groups is 1. The third-order valence-corrected chi connectivity index (χ3v) is 11.0. The second-order valence-corrected chi connectivity index (χ2v) is 16.4. The lowest BCUT2D eigenvalue weighted by atomic mass is 10.2. The summed E-state index contributed by atoms with van der Waals surface area (Å²) in [6.45, 7) is 12.4. The second kappa shape index (κ2) is 31.1. The molecule has 0 atom stereocenters. The number of rotatable bonds is 14. The van der Waals surface area contributed by atoms with Crippen molar-refractivity contribution in [1.29, 1.82) is 0 Å². The van der Waals surface area contributed by atoms with Crippen LogP contribution >= 0.6 is 58.0 Å². The molecular weight excluding hydrogens is 1030 g/mol. The third kappa shape index (κ3) is 18.3. The van der Waals surface area contributed by atoms with Crippen molar-refractivity contribution < 1.29 is 37.8 Å². The fourth-order valence-electron chi connectivity index (χ4n) is 6.02. The van der Waals surface area contributed by atoms with E-state index in [1.807, 2.05) is 52.0 Å². The molecule has 2 aliphatic rings. The van der Waals surface area contributed by atoms with Gasteiger partial charge in [-0.15, -0.1) is 0 Å². The molecule has 388 valence electrons. The first kappa shape index (κ1) is 59.9. The number of aromatic nitrogens is 1. The monoisotopic (exact) mass is 1090 g/mol. The van der Waals surface area contributed by atoms with E-state index >= 15 is 0 Å². The molecule has 0 saturated heterocycles. The van der Waals surface area contributed by atoms with Crippen LogP contribution in [0.2, 0.25) is 25.1 Å². The van der Waals surface area contributed by atoms with Crippen molar-refractivity contribution in [3.63, 3.8) is 0 Å². The minimum absolute atomic E-state index is 0.157. The molecule has 1 aliphatic heterocycles. The molecule has 72 heavy (non-hydrogen) atoms. The molecule has 0 fully saturated rings. The van der Waals surface area contributed by atoms with E-state index in [4.69, 9.17) is 104 Å². The topological polar surface area (TPSA) is 237 Å². The Morgan fingerprint density at radius 2 is 1.11 bits per heavy atom. The maximum Gasteiger partial charge on any atom is 0.221 e. The SMILES string of the molecule is CCN=c1cc2oc3cc(NCC)c(ON)cc3nc-2cc1Cl.CCNc1cc(OC)c(ON)cc1Cl.CCNc1cc(OC)ccc1Cl.COc1ccc(Cl)c(N)c1.COc1ccc(Cl)c(NC(C)=O)c1. The average molecular weight is 1090 g/mol. The number of fused-ring (bicyclic) bond motifs is 2. The van der Waals surface area contributed by atoms with Crippen molar-refractivity contribution >= 4 is 103 Å². The lowest BCUT2D eigenvalue weighted by Crippen LogP contribution is -2.08. The number of nitrogens with zero attached hydrogens (tertiary/aromatic N) is 2. The van der Waals surface area contributed by atoms with Crippen LogP contribution in [-0.4, -0.2) is 65.5 Å². The molecule has 5 aromatic carbocycles. The van der Waals surface area contributed by atoms with E-state index in [-0.39, 0.29) is 5.91 Å². The highest BCUT2D eigenvalue weighted by molar-refractivity contribution is 6.34. The molecule has 10 N–H and O–H groups in total. The summed E-state index contributed by atoms with van der Waals surface area (Å²) < 4.78 is 26.0.